The molecule has 9 heteroatoms. The molecular formula is C16H15N7O2. The third-order valence-corrected chi connectivity index (χ3v) is 3.96. The van der Waals surface area contributed by atoms with Crippen LogP contribution in [0.3, 0.4) is 0 Å². The number of nitrogens with one attached hydrogen (secondary N) is 2. The predicted molar refractivity (Wildman–Crippen MR) is 89.1 cm³/mol. The van der Waals surface area contributed by atoms with Gasteiger partial charge in [0, 0.05) is 23.4 Å². The van der Waals surface area contributed by atoms with Gasteiger partial charge in [-0.25, -0.2) is 0 Å². The van der Waals surface area contributed by atoms with Crippen molar-refractivity contribution < 1.29 is 9.32 Å². The van der Waals surface area contributed by atoms with Crippen LogP contribution in [0.2, 0.25) is 0 Å². The molecule has 2 N–H and O–H groups in total. The number of aromatic amines is 1. The van der Waals surface area contributed by atoms with Gasteiger partial charge in [-0.3, -0.25) is 9.48 Å². The van der Waals surface area contributed by atoms with Gasteiger partial charge in [0.1, 0.15) is 16.8 Å². The summed E-state index contributed by atoms with van der Waals surface area (Å²) in [5, 5.41) is 21.5. The summed E-state index contributed by atoms with van der Waals surface area (Å²) in [7, 11) is 0. The van der Waals surface area contributed by atoms with Crippen molar-refractivity contribution in [1.82, 2.24) is 30.3 Å². The molecule has 0 atom stereocenters. The van der Waals surface area contributed by atoms with Crippen LogP contribution in [0.5, 0.6) is 0 Å². The summed E-state index contributed by atoms with van der Waals surface area (Å²) in [6.07, 6.45) is 1.79. The Morgan fingerprint density at radius 1 is 1.24 bits per heavy atom. The molecule has 0 aliphatic heterocycles. The highest BCUT2D eigenvalue weighted by molar-refractivity contribution is 6.05. The molecule has 0 radical (unpaired) electrons. The maximum Gasteiger partial charge on any atom is 0.256 e. The molecule has 0 saturated heterocycles. The molecule has 0 saturated carbocycles. The van der Waals surface area contributed by atoms with Gasteiger partial charge in [-0.15, -0.1) is 0 Å². The normalized spacial score (nSPS) is 11.1. The van der Waals surface area contributed by atoms with Gasteiger partial charge >= 0.3 is 0 Å². The lowest BCUT2D eigenvalue weighted by atomic mass is 10.2. The van der Waals surface area contributed by atoms with Gasteiger partial charge in [-0.05, 0) is 32.0 Å². The number of rotatable bonds is 4. The molecule has 0 spiro atoms. The molecule has 3 aromatic heterocycles. The quantitative estimate of drug-likeness (QED) is 0.589. The largest absolute Gasteiger partial charge is 0.361 e. The van der Waals surface area contributed by atoms with Crippen LogP contribution in [0.4, 0.5) is 5.82 Å². The number of benzene rings is 1. The maximum absolute atomic E-state index is 12.4. The molecule has 0 fully saturated rings. The van der Waals surface area contributed by atoms with Crippen LogP contribution in [0.1, 0.15) is 27.4 Å². The molecule has 4 rings (SSSR count). The van der Waals surface area contributed by atoms with Gasteiger partial charge in [0.2, 0.25) is 0 Å². The van der Waals surface area contributed by atoms with Crippen LogP contribution in [0.15, 0.2) is 35.0 Å². The van der Waals surface area contributed by atoms with Crippen LogP contribution >= 0.6 is 0 Å². The van der Waals surface area contributed by atoms with Crippen molar-refractivity contribution in [2.45, 2.75) is 20.4 Å². The van der Waals surface area contributed by atoms with E-state index in [0.29, 0.717) is 29.0 Å². The lowest BCUT2D eigenvalue weighted by Crippen LogP contribution is -2.13. The first-order valence-corrected chi connectivity index (χ1v) is 7.67. The summed E-state index contributed by atoms with van der Waals surface area (Å²) >= 11 is 0. The molecule has 1 amide bonds. The smallest absolute Gasteiger partial charge is 0.256 e. The Morgan fingerprint density at radius 2 is 2.08 bits per heavy atom. The van der Waals surface area contributed by atoms with Gasteiger partial charge in [-0.2, -0.15) is 20.5 Å². The van der Waals surface area contributed by atoms with Crippen molar-refractivity contribution in [3.05, 3.63) is 53.0 Å². The highest BCUT2D eigenvalue weighted by atomic mass is 16.5. The molecule has 0 bridgehead atoms. The van der Waals surface area contributed by atoms with E-state index in [1.807, 2.05) is 13.8 Å². The number of aryl methyl sites for hydroxylation is 2. The summed E-state index contributed by atoms with van der Waals surface area (Å²) in [5.74, 6) is 0.976. The number of H-pyrrole nitrogens is 1. The number of fused-ring (bicyclic) bond motifs is 1. The van der Waals surface area contributed by atoms with Gasteiger partial charge in [0.25, 0.3) is 5.91 Å². The van der Waals surface area contributed by atoms with E-state index >= 15 is 0 Å². The third kappa shape index (κ3) is 2.87. The van der Waals surface area contributed by atoms with Crippen molar-refractivity contribution in [2.75, 3.05) is 5.32 Å². The fourth-order valence-corrected chi connectivity index (χ4v) is 2.58. The van der Waals surface area contributed by atoms with Crippen molar-refractivity contribution in [3.8, 4) is 0 Å². The monoisotopic (exact) mass is 337 g/mol. The molecule has 4 aromatic rings. The van der Waals surface area contributed by atoms with Gasteiger partial charge in [-0.1, -0.05) is 5.16 Å². The minimum absolute atomic E-state index is 0.257. The first-order chi connectivity index (χ1) is 12.1. The zero-order valence-electron chi connectivity index (χ0n) is 13.6. The van der Waals surface area contributed by atoms with E-state index in [1.165, 1.54) is 0 Å². The second-order valence-corrected chi connectivity index (χ2v) is 5.68. The van der Waals surface area contributed by atoms with Crippen LogP contribution in [0, 0.1) is 13.8 Å². The highest BCUT2D eigenvalue weighted by Crippen LogP contribution is 2.15. The molecule has 1 aromatic carbocycles. The molecule has 126 valence electrons. The molecule has 25 heavy (non-hydrogen) atoms. The zero-order chi connectivity index (χ0) is 17.4. The van der Waals surface area contributed by atoms with Gasteiger partial charge in [0.15, 0.2) is 5.82 Å². The summed E-state index contributed by atoms with van der Waals surface area (Å²) in [4.78, 5) is 12.4. The molecule has 0 aliphatic rings. The maximum atomic E-state index is 12.4. The Labute approximate surface area is 142 Å². The summed E-state index contributed by atoms with van der Waals surface area (Å²) in [6, 6.07) is 6.85. The van der Waals surface area contributed by atoms with E-state index in [4.69, 9.17) is 4.52 Å². The average Bonchev–Trinajstić information content (AvgIpc) is 3.31. The lowest BCUT2D eigenvalue weighted by Gasteiger charge is -2.03. The van der Waals surface area contributed by atoms with Crippen molar-refractivity contribution in [2.24, 2.45) is 0 Å². The second kappa shape index (κ2) is 5.86. The summed E-state index contributed by atoms with van der Waals surface area (Å²) in [5.41, 5.74) is 3.65. The van der Waals surface area contributed by atoms with Crippen LogP contribution < -0.4 is 5.32 Å². The fourth-order valence-electron chi connectivity index (χ4n) is 2.58. The first-order valence-electron chi connectivity index (χ1n) is 7.67. The standard InChI is InChI=1S/C16H15N7O2/c1-9-12(10(2)25-21-9)8-23-6-5-15(20-23)17-16(24)11-3-4-13-14(7-11)19-22-18-13/h3-7H,8H2,1-2H3,(H,17,20,24)(H,18,19,22). The van der Waals surface area contributed by atoms with Crippen molar-refractivity contribution in [3.63, 3.8) is 0 Å². The Bertz CT molecular complexity index is 1040. The van der Waals surface area contributed by atoms with Crippen LogP contribution in [0.25, 0.3) is 11.0 Å². The van der Waals surface area contributed by atoms with Crippen LogP contribution in [-0.4, -0.2) is 36.3 Å². The van der Waals surface area contributed by atoms with E-state index < -0.39 is 0 Å². The Morgan fingerprint density at radius 3 is 2.88 bits per heavy atom. The Kier molecular flexibility index (Phi) is 3.53. The number of carbonyl (C=O) groups is 1. The fraction of sp³-hybridized carbons (Fsp3) is 0.188. The zero-order valence-corrected chi connectivity index (χ0v) is 13.6. The highest BCUT2D eigenvalue weighted by Gasteiger charge is 2.12. The van der Waals surface area contributed by atoms with E-state index in [9.17, 15) is 4.79 Å². The number of hydrogen-bond donors (Lipinski definition) is 2. The van der Waals surface area contributed by atoms with Crippen LogP contribution in [-0.2, 0) is 6.54 Å². The van der Waals surface area contributed by atoms with E-state index in [-0.39, 0.29) is 5.91 Å². The molecule has 9 nitrogen and oxygen atoms in total. The first kappa shape index (κ1) is 15.1. The second-order valence-electron chi connectivity index (χ2n) is 5.68. The van der Waals surface area contributed by atoms with E-state index in [2.05, 4.69) is 31.0 Å². The number of amides is 1. The minimum atomic E-state index is -0.257. The molecular weight excluding hydrogens is 322 g/mol. The Hall–Kier alpha value is -3.49. The number of aromatic nitrogens is 6. The lowest BCUT2D eigenvalue weighted by molar-refractivity contribution is 0.102. The van der Waals surface area contributed by atoms with Crippen molar-refractivity contribution in [1.29, 1.82) is 0 Å². The van der Waals surface area contributed by atoms with Crippen molar-refractivity contribution >= 4 is 22.8 Å². The predicted octanol–water partition coefficient (Wildman–Crippen LogP) is 2.06. The molecule has 3 heterocycles. The third-order valence-electron chi connectivity index (χ3n) is 3.96. The van der Waals surface area contributed by atoms with Gasteiger partial charge in [0.05, 0.1) is 12.2 Å². The van der Waals surface area contributed by atoms with E-state index in [1.54, 1.807) is 35.1 Å². The number of hydrogen-bond acceptors (Lipinski definition) is 6. The topological polar surface area (TPSA) is 115 Å². The average molecular weight is 337 g/mol. The summed E-state index contributed by atoms with van der Waals surface area (Å²) in [6.45, 7) is 4.28. The number of nitrogens with zero attached hydrogens (tertiary/aromatic N) is 5. The molecule has 0 aliphatic carbocycles. The Balaban J connectivity index is 1.49. The minimum Gasteiger partial charge on any atom is -0.361 e. The molecule has 0 unspecified atom stereocenters. The number of anilines is 1. The van der Waals surface area contributed by atoms with Gasteiger partial charge < -0.3 is 9.84 Å². The van der Waals surface area contributed by atoms with E-state index in [0.717, 1.165) is 17.0 Å². The summed E-state index contributed by atoms with van der Waals surface area (Å²) < 4.78 is 6.88. The SMILES string of the molecule is Cc1noc(C)c1Cn1ccc(NC(=O)c2ccc3n[nH]nc3c2)n1. The number of carbonyl (C=O) groups excluding carboxylic acids is 1.